The molecule has 0 spiro atoms. The van der Waals surface area contributed by atoms with Gasteiger partial charge in [0.2, 0.25) is 0 Å². The number of carbonyl (C=O) groups is 2. The average molecular weight is 546 g/mol. The molecule has 0 saturated carbocycles. The molecule has 2 aromatic heterocycles. The fraction of sp³-hybridized carbons (Fsp3) is 0.321. The highest BCUT2D eigenvalue weighted by molar-refractivity contribution is 6.34. The second kappa shape index (κ2) is 10.3. The molecule has 1 aromatic carbocycles. The number of pyridine rings is 1. The van der Waals surface area contributed by atoms with Gasteiger partial charge in [-0.15, -0.1) is 0 Å². The van der Waals surface area contributed by atoms with Crippen molar-refractivity contribution in [1.82, 2.24) is 14.5 Å². The molecule has 1 saturated heterocycles. The standard InChI is InChI=1S/C28H27ClF3N3O3/c1-5-19-20(17(4)34-10-8-18(9-11-34)12-24(36)37)6-7-22(29)25(19)27(38)35-14-15(2)21-13-23(28(30,31)32)33-16(3)26(21)35/h5-7,13-14,18H,1,4,8-12H2,2-3H3,(H,36,37). The number of piperidine rings is 1. The molecule has 3 aromatic rings. The van der Waals surface area contributed by atoms with Crippen molar-refractivity contribution < 1.29 is 27.9 Å². The molecule has 0 unspecified atom stereocenters. The lowest BCUT2D eigenvalue weighted by molar-refractivity contribution is -0.141. The van der Waals surface area contributed by atoms with E-state index in [1.54, 1.807) is 19.1 Å². The van der Waals surface area contributed by atoms with E-state index in [2.05, 4.69) is 18.1 Å². The normalized spacial score (nSPS) is 14.6. The minimum absolute atomic E-state index is 0.0670. The van der Waals surface area contributed by atoms with Gasteiger partial charge < -0.3 is 10.0 Å². The van der Waals surface area contributed by atoms with Gasteiger partial charge in [-0.3, -0.25) is 14.2 Å². The first-order valence-corrected chi connectivity index (χ1v) is 12.4. The fourth-order valence-corrected chi connectivity index (χ4v) is 5.37. The van der Waals surface area contributed by atoms with Gasteiger partial charge >= 0.3 is 12.1 Å². The van der Waals surface area contributed by atoms with Crippen molar-refractivity contribution in [2.24, 2.45) is 5.92 Å². The molecule has 1 fully saturated rings. The van der Waals surface area contributed by atoms with Crippen molar-refractivity contribution in [3.05, 3.63) is 76.2 Å². The monoisotopic (exact) mass is 545 g/mol. The second-order valence-electron chi connectivity index (χ2n) is 9.54. The summed E-state index contributed by atoms with van der Waals surface area (Å²) >= 11 is 6.52. The van der Waals surface area contributed by atoms with Gasteiger partial charge in [-0.05, 0) is 55.9 Å². The third-order valence-corrected chi connectivity index (χ3v) is 7.36. The quantitative estimate of drug-likeness (QED) is 0.368. The maximum absolute atomic E-state index is 13.9. The van der Waals surface area contributed by atoms with Gasteiger partial charge in [0.05, 0.1) is 21.8 Å². The van der Waals surface area contributed by atoms with E-state index < -0.39 is 23.7 Å². The minimum atomic E-state index is -4.62. The molecule has 6 nitrogen and oxygen atoms in total. The number of carboxylic acids is 1. The van der Waals surface area contributed by atoms with E-state index in [4.69, 9.17) is 16.7 Å². The molecule has 4 rings (SSSR count). The van der Waals surface area contributed by atoms with Gasteiger partial charge in [0.15, 0.2) is 0 Å². The summed E-state index contributed by atoms with van der Waals surface area (Å²) in [4.78, 5) is 30.7. The average Bonchev–Trinajstić information content (AvgIpc) is 3.19. The molecular weight excluding hydrogens is 519 g/mol. The third kappa shape index (κ3) is 5.07. The Morgan fingerprint density at radius 1 is 1.24 bits per heavy atom. The van der Waals surface area contributed by atoms with E-state index in [0.29, 0.717) is 48.3 Å². The number of aliphatic carboxylic acids is 1. The molecule has 0 atom stereocenters. The van der Waals surface area contributed by atoms with Gasteiger partial charge in [-0.2, -0.15) is 13.2 Å². The molecule has 1 aliphatic rings. The number of likely N-dealkylation sites (tertiary alicyclic amines) is 1. The van der Waals surface area contributed by atoms with Crippen LogP contribution in [0.1, 0.15) is 57.7 Å². The largest absolute Gasteiger partial charge is 0.481 e. The van der Waals surface area contributed by atoms with Crippen molar-refractivity contribution in [1.29, 1.82) is 0 Å². The van der Waals surface area contributed by atoms with Crippen molar-refractivity contribution in [3.8, 4) is 0 Å². The number of carbonyl (C=O) groups excluding carboxylic acids is 1. The number of halogens is 4. The van der Waals surface area contributed by atoms with Gasteiger partial charge in [-0.1, -0.05) is 36.9 Å². The zero-order chi connectivity index (χ0) is 27.9. The first-order valence-electron chi connectivity index (χ1n) is 12.1. The summed E-state index contributed by atoms with van der Waals surface area (Å²) in [6.07, 6.45) is -0.0831. The number of aromatic nitrogens is 2. The predicted octanol–water partition coefficient (Wildman–Crippen LogP) is 6.81. The smallest absolute Gasteiger partial charge is 0.433 e. The van der Waals surface area contributed by atoms with Crippen LogP contribution in [0.25, 0.3) is 22.7 Å². The molecule has 200 valence electrons. The number of hydrogen-bond acceptors (Lipinski definition) is 4. The summed E-state index contributed by atoms with van der Waals surface area (Å²) < 4.78 is 41.4. The van der Waals surface area contributed by atoms with Crippen LogP contribution in [0.4, 0.5) is 13.2 Å². The molecule has 1 N–H and O–H groups in total. The highest BCUT2D eigenvalue weighted by atomic mass is 35.5. The van der Waals surface area contributed by atoms with Crippen LogP contribution in [0.5, 0.6) is 0 Å². The number of rotatable bonds is 6. The Kier molecular flexibility index (Phi) is 7.43. The Labute approximate surface area is 223 Å². The van der Waals surface area contributed by atoms with E-state index >= 15 is 0 Å². The van der Waals surface area contributed by atoms with Crippen LogP contribution in [-0.2, 0) is 11.0 Å². The molecule has 3 heterocycles. The molecule has 0 radical (unpaired) electrons. The number of nitrogens with zero attached hydrogens (tertiary/aromatic N) is 3. The van der Waals surface area contributed by atoms with Crippen LogP contribution in [0.15, 0.2) is 37.6 Å². The van der Waals surface area contributed by atoms with Gasteiger partial charge in [0.25, 0.3) is 5.91 Å². The van der Waals surface area contributed by atoms with Gasteiger partial charge in [0, 0.05) is 42.4 Å². The Morgan fingerprint density at radius 2 is 1.89 bits per heavy atom. The molecular formula is C28H27ClF3N3O3. The highest BCUT2D eigenvalue weighted by Crippen LogP contribution is 2.36. The van der Waals surface area contributed by atoms with Crippen LogP contribution in [0.3, 0.4) is 0 Å². The van der Waals surface area contributed by atoms with Crippen molar-refractivity contribution in [2.45, 2.75) is 39.3 Å². The summed E-state index contributed by atoms with van der Waals surface area (Å²) in [6, 6.07) is 4.29. The van der Waals surface area contributed by atoms with Crippen molar-refractivity contribution in [2.75, 3.05) is 13.1 Å². The summed E-state index contributed by atoms with van der Waals surface area (Å²) in [5, 5.41) is 9.52. The third-order valence-electron chi connectivity index (χ3n) is 7.05. The molecule has 0 amide bonds. The Hall–Kier alpha value is -3.59. The first kappa shape index (κ1) is 27.4. The summed E-state index contributed by atoms with van der Waals surface area (Å²) in [6.45, 7) is 12.4. The minimum Gasteiger partial charge on any atom is -0.481 e. The van der Waals surface area contributed by atoms with Crippen LogP contribution in [-0.4, -0.2) is 44.5 Å². The van der Waals surface area contributed by atoms with E-state index in [0.717, 1.165) is 6.07 Å². The van der Waals surface area contributed by atoms with Crippen molar-refractivity contribution in [3.63, 3.8) is 0 Å². The number of alkyl halides is 3. The van der Waals surface area contributed by atoms with Crippen LogP contribution in [0, 0.1) is 19.8 Å². The zero-order valence-corrected chi connectivity index (χ0v) is 21.8. The number of fused-ring (bicyclic) bond motifs is 1. The van der Waals surface area contributed by atoms with Crippen molar-refractivity contribution >= 4 is 46.2 Å². The zero-order valence-electron chi connectivity index (χ0n) is 21.0. The topological polar surface area (TPSA) is 75.4 Å². The summed E-state index contributed by atoms with van der Waals surface area (Å²) in [7, 11) is 0. The van der Waals surface area contributed by atoms with E-state index in [1.807, 2.05) is 4.90 Å². The SMILES string of the molecule is C=Cc1c(C(=C)N2CCC(CC(=O)O)CC2)ccc(Cl)c1C(=O)n1cc(C)c2cc(C(F)(F)F)nc(C)c21. The molecule has 38 heavy (non-hydrogen) atoms. The number of carboxylic acid groups (broad SMARTS) is 1. The van der Waals surface area contributed by atoms with Crippen LogP contribution < -0.4 is 0 Å². The van der Waals surface area contributed by atoms with Gasteiger partial charge in [0.1, 0.15) is 5.69 Å². The molecule has 1 aliphatic heterocycles. The van der Waals surface area contributed by atoms with E-state index in [-0.39, 0.29) is 39.5 Å². The Morgan fingerprint density at radius 3 is 2.47 bits per heavy atom. The molecule has 10 heteroatoms. The molecule has 0 bridgehead atoms. The lowest BCUT2D eigenvalue weighted by atomic mass is 9.91. The van der Waals surface area contributed by atoms with Gasteiger partial charge in [-0.25, -0.2) is 4.98 Å². The second-order valence-corrected chi connectivity index (χ2v) is 9.94. The first-order chi connectivity index (χ1) is 17.8. The Bertz CT molecular complexity index is 1470. The maximum atomic E-state index is 13.9. The fourth-order valence-electron chi connectivity index (χ4n) is 5.12. The summed E-state index contributed by atoms with van der Waals surface area (Å²) in [5.41, 5.74) is 1.71. The van der Waals surface area contributed by atoms with E-state index in [1.165, 1.54) is 23.8 Å². The highest BCUT2D eigenvalue weighted by Gasteiger charge is 2.34. The predicted molar refractivity (Wildman–Crippen MR) is 141 cm³/mol. The summed E-state index contributed by atoms with van der Waals surface area (Å²) in [5.74, 6) is -1.25. The van der Waals surface area contributed by atoms with Crippen LogP contribution >= 0.6 is 11.6 Å². The lowest BCUT2D eigenvalue weighted by Crippen LogP contribution is -2.33. The maximum Gasteiger partial charge on any atom is 0.433 e. The number of aryl methyl sites for hydroxylation is 2. The number of benzene rings is 1. The van der Waals surface area contributed by atoms with E-state index in [9.17, 15) is 22.8 Å². The molecule has 0 aliphatic carbocycles. The van der Waals surface area contributed by atoms with Crippen LogP contribution in [0.2, 0.25) is 5.02 Å². The Balaban J connectivity index is 1.74. The number of hydrogen-bond donors (Lipinski definition) is 1. The lowest BCUT2D eigenvalue weighted by Gasteiger charge is -2.35.